The Balaban J connectivity index is 2.17. The molecule has 102 valence electrons. The molecule has 0 N–H and O–H groups in total. The zero-order valence-corrected chi connectivity index (χ0v) is 14.4. The van der Waals surface area contributed by atoms with Crippen molar-refractivity contribution in [2.45, 2.75) is 19.2 Å². The molecule has 0 radical (unpaired) electrons. The summed E-state index contributed by atoms with van der Waals surface area (Å²) in [7, 11) is 0. The zero-order chi connectivity index (χ0) is 14.3. The lowest BCUT2D eigenvalue weighted by atomic mass is 10.0. The van der Waals surface area contributed by atoms with Crippen LogP contribution in [-0.2, 0) is 0 Å². The fraction of sp³-hybridized carbons (Fsp3) is 0.176. The average Bonchev–Trinajstić information content (AvgIpc) is 2.79. The third-order valence-electron chi connectivity index (χ3n) is 3.61. The van der Waals surface area contributed by atoms with Gasteiger partial charge in [-0.1, -0.05) is 46.3 Å². The predicted molar refractivity (Wildman–Crippen MR) is 93.1 cm³/mol. The number of thiophene rings is 1. The smallest absolute Gasteiger partial charge is 0.0933 e. The lowest BCUT2D eigenvalue weighted by Gasteiger charge is -2.12. The van der Waals surface area contributed by atoms with E-state index in [1.54, 1.807) is 11.3 Å². The van der Waals surface area contributed by atoms with Crippen molar-refractivity contribution in [3.63, 3.8) is 0 Å². The van der Waals surface area contributed by atoms with E-state index >= 15 is 0 Å². The van der Waals surface area contributed by atoms with Crippen molar-refractivity contribution >= 4 is 49.6 Å². The first kappa shape index (κ1) is 14.1. The summed E-state index contributed by atoms with van der Waals surface area (Å²) in [6.45, 7) is 4.28. The molecule has 0 saturated heterocycles. The SMILES string of the molecule is Cc1cc(C(Cl)c2ccc(Br)c3ccccc23)sc1C. The van der Waals surface area contributed by atoms with E-state index in [9.17, 15) is 0 Å². The van der Waals surface area contributed by atoms with Crippen molar-refractivity contribution in [3.8, 4) is 0 Å². The Morgan fingerprint density at radius 1 is 1.05 bits per heavy atom. The number of aryl methyl sites for hydroxylation is 2. The third kappa shape index (κ3) is 2.41. The molecule has 3 rings (SSSR count). The monoisotopic (exact) mass is 364 g/mol. The highest BCUT2D eigenvalue weighted by molar-refractivity contribution is 9.10. The Morgan fingerprint density at radius 3 is 2.40 bits per heavy atom. The fourth-order valence-corrected chi connectivity index (χ4v) is 4.29. The van der Waals surface area contributed by atoms with Gasteiger partial charge in [0.1, 0.15) is 0 Å². The Labute approximate surface area is 136 Å². The summed E-state index contributed by atoms with van der Waals surface area (Å²) in [4.78, 5) is 2.56. The molecule has 1 atom stereocenters. The van der Waals surface area contributed by atoms with E-state index in [1.807, 2.05) is 0 Å². The number of hydrogen-bond donors (Lipinski definition) is 0. The quantitative estimate of drug-likeness (QED) is 0.448. The van der Waals surface area contributed by atoms with Crippen LogP contribution in [0.4, 0.5) is 0 Å². The molecule has 1 heterocycles. The van der Waals surface area contributed by atoms with Crippen molar-refractivity contribution < 1.29 is 0 Å². The van der Waals surface area contributed by atoms with E-state index < -0.39 is 0 Å². The fourth-order valence-electron chi connectivity index (χ4n) is 2.39. The van der Waals surface area contributed by atoms with Gasteiger partial charge in [-0.15, -0.1) is 22.9 Å². The molecule has 0 fully saturated rings. The van der Waals surface area contributed by atoms with Crippen LogP contribution >= 0.6 is 38.9 Å². The molecule has 0 aliphatic heterocycles. The Kier molecular flexibility index (Phi) is 3.89. The molecule has 3 aromatic rings. The summed E-state index contributed by atoms with van der Waals surface area (Å²) in [6, 6.07) is 14.8. The van der Waals surface area contributed by atoms with Gasteiger partial charge in [0, 0.05) is 14.2 Å². The molecule has 0 amide bonds. The van der Waals surface area contributed by atoms with Gasteiger partial charge in [0.15, 0.2) is 0 Å². The number of benzene rings is 2. The van der Waals surface area contributed by atoms with Crippen molar-refractivity contribution in [3.05, 3.63) is 67.8 Å². The number of fused-ring (bicyclic) bond motifs is 1. The lowest BCUT2D eigenvalue weighted by molar-refractivity contribution is 1.20. The standard InChI is InChI=1S/C17H14BrClS/c1-10-9-16(20-11(10)2)17(19)14-7-8-15(18)13-6-4-3-5-12(13)14/h3-9,17H,1-2H3. The highest BCUT2D eigenvalue weighted by Crippen LogP contribution is 2.39. The van der Waals surface area contributed by atoms with E-state index in [2.05, 4.69) is 72.2 Å². The van der Waals surface area contributed by atoms with Gasteiger partial charge in [-0.05, 0) is 47.9 Å². The average molecular weight is 366 g/mol. The summed E-state index contributed by atoms with van der Waals surface area (Å²) >= 11 is 12.1. The van der Waals surface area contributed by atoms with Crippen molar-refractivity contribution in [2.24, 2.45) is 0 Å². The van der Waals surface area contributed by atoms with Crippen LogP contribution in [-0.4, -0.2) is 0 Å². The molecule has 1 unspecified atom stereocenters. The molecule has 0 nitrogen and oxygen atoms in total. The number of rotatable bonds is 2. The van der Waals surface area contributed by atoms with Gasteiger partial charge in [0.05, 0.1) is 5.38 Å². The molecule has 0 saturated carbocycles. The van der Waals surface area contributed by atoms with Gasteiger partial charge in [-0.3, -0.25) is 0 Å². The highest BCUT2D eigenvalue weighted by atomic mass is 79.9. The topological polar surface area (TPSA) is 0 Å². The number of hydrogen-bond acceptors (Lipinski definition) is 1. The summed E-state index contributed by atoms with van der Waals surface area (Å²) in [5, 5.41) is 2.33. The molecule has 0 spiro atoms. The molecular weight excluding hydrogens is 352 g/mol. The molecule has 20 heavy (non-hydrogen) atoms. The summed E-state index contributed by atoms with van der Waals surface area (Å²) in [5.41, 5.74) is 2.49. The second-order valence-electron chi connectivity index (χ2n) is 4.93. The molecule has 2 aromatic carbocycles. The Hall–Kier alpha value is -0.830. The van der Waals surface area contributed by atoms with Gasteiger partial charge < -0.3 is 0 Å². The van der Waals surface area contributed by atoms with Gasteiger partial charge in [0.25, 0.3) is 0 Å². The van der Waals surface area contributed by atoms with Crippen molar-refractivity contribution in [2.75, 3.05) is 0 Å². The predicted octanol–water partition coefficient (Wildman–Crippen LogP) is 6.61. The first-order valence-electron chi connectivity index (χ1n) is 6.46. The first-order chi connectivity index (χ1) is 9.58. The first-order valence-corrected chi connectivity index (χ1v) is 8.50. The normalized spacial score (nSPS) is 12.8. The van der Waals surface area contributed by atoms with Crippen LogP contribution in [0.5, 0.6) is 0 Å². The maximum absolute atomic E-state index is 6.74. The van der Waals surface area contributed by atoms with E-state index in [4.69, 9.17) is 11.6 Å². The minimum absolute atomic E-state index is 0.0922. The maximum Gasteiger partial charge on any atom is 0.0933 e. The van der Waals surface area contributed by atoms with E-state index in [0.29, 0.717) is 0 Å². The van der Waals surface area contributed by atoms with Crippen molar-refractivity contribution in [1.29, 1.82) is 0 Å². The Bertz CT molecular complexity index is 756. The zero-order valence-electron chi connectivity index (χ0n) is 11.3. The molecule has 3 heteroatoms. The summed E-state index contributed by atoms with van der Waals surface area (Å²) in [5.74, 6) is 0. The largest absolute Gasteiger partial charge is 0.143 e. The van der Waals surface area contributed by atoms with Crippen molar-refractivity contribution in [1.82, 2.24) is 0 Å². The van der Waals surface area contributed by atoms with E-state index in [0.717, 1.165) is 4.47 Å². The van der Waals surface area contributed by atoms with Crippen LogP contribution in [0.15, 0.2) is 46.9 Å². The van der Waals surface area contributed by atoms with Crippen LogP contribution in [0.25, 0.3) is 10.8 Å². The minimum Gasteiger partial charge on any atom is -0.143 e. The molecule has 1 aromatic heterocycles. The van der Waals surface area contributed by atoms with Gasteiger partial charge in [-0.25, -0.2) is 0 Å². The van der Waals surface area contributed by atoms with Crippen LogP contribution in [0.1, 0.15) is 26.3 Å². The summed E-state index contributed by atoms with van der Waals surface area (Å²) in [6.07, 6.45) is 0. The Morgan fingerprint density at radius 2 is 1.75 bits per heavy atom. The molecule has 0 aliphatic rings. The van der Waals surface area contributed by atoms with Crippen LogP contribution in [0, 0.1) is 13.8 Å². The maximum atomic E-state index is 6.74. The van der Waals surface area contributed by atoms with E-state index in [-0.39, 0.29) is 5.38 Å². The van der Waals surface area contributed by atoms with Crippen LogP contribution in [0.2, 0.25) is 0 Å². The number of halogens is 2. The van der Waals surface area contributed by atoms with E-state index in [1.165, 1.54) is 31.7 Å². The lowest BCUT2D eigenvalue weighted by Crippen LogP contribution is -1.92. The van der Waals surface area contributed by atoms with Gasteiger partial charge >= 0.3 is 0 Å². The highest BCUT2D eigenvalue weighted by Gasteiger charge is 2.17. The molecular formula is C17H14BrClS. The van der Waals surface area contributed by atoms with Gasteiger partial charge in [0.2, 0.25) is 0 Å². The third-order valence-corrected chi connectivity index (χ3v) is 6.12. The van der Waals surface area contributed by atoms with Crippen LogP contribution < -0.4 is 0 Å². The van der Waals surface area contributed by atoms with Crippen LogP contribution in [0.3, 0.4) is 0 Å². The second-order valence-corrected chi connectivity index (χ2v) is 7.51. The molecule has 0 bridgehead atoms. The minimum atomic E-state index is -0.0922. The van der Waals surface area contributed by atoms with Gasteiger partial charge in [-0.2, -0.15) is 0 Å². The molecule has 0 aliphatic carbocycles. The number of alkyl halides is 1. The summed E-state index contributed by atoms with van der Waals surface area (Å²) < 4.78 is 1.11. The second kappa shape index (κ2) is 5.51.